The second kappa shape index (κ2) is 14.5. The summed E-state index contributed by atoms with van der Waals surface area (Å²) in [4.78, 5) is 42.8. The summed E-state index contributed by atoms with van der Waals surface area (Å²) in [6.07, 6.45) is 5.24. The highest BCUT2D eigenvalue weighted by molar-refractivity contribution is 7.89. The first-order valence-electron chi connectivity index (χ1n) is 13.1. The van der Waals surface area contributed by atoms with Crippen LogP contribution in [0.4, 0.5) is 0 Å². The van der Waals surface area contributed by atoms with Crippen LogP contribution >= 0.6 is 11.3 Å². The summed E-state index contributed by atoms with van der Waals surface area (Å²) in [6, 6.07) is 7.76. The molecule has 3 heterocycles. The van der Waals surface area contributed by atoms with E-state index < -0.39 is 22.0 Å². The molecule has 11 heteroatoms. The van der Waals surface area contributed by atoms with Gasteiger partial charge in [0.1, 0.15) is 6.04 Å². The Labute approximate surface area is 229 Å². The largest absolute Gasteiger partial charge is 0.464 e. The van der Waals surface area contributed by atoms with Crippen LogP contribution in [0.1, 0.15) is 57.2 Å². The molecule has 1 aliphatic rings. The summed E-state index contributed by atoms with van der Waals surface area (Å²) in [5.74, 6) is -0.763. The van der Waals surface area contributed by atoms with Crippen LogP contribution in [-0.4, -0.2) is 61.1 Å². The van der Waals surface area contributed by atoms with Crippen molar-refractivity contribution in [1.82, 2.24) is 14.6 Å². The summed E-state index contributed by atoms with van der Waals surface area (Å²) in [5, 5.41) is 4.67. The summed E-state index contributed by atoms with van der Waals surface area (Å²) < 4.78 is 32.4. The molecule has 1 amide bonds. The second-order valence-electron chi connectivity index (χ2n) is 9.98. The highest BCUT2D eigenvalue weighted by atomic mass is 32.2. The van der Waals surface area contributed by atoms with Crippen molar-refractivity contribution < 1.29 is 27.5 Å². The third kappa shape index (κ3) is 8.99. The third-order valence-electron chi connectivity index (χ3n) is 6.42. The highest BCUT2D eigenvalue weighted by Crippen LogP contribution is 2.24. The summed E-state index contributed by atoms with van der Waals surface area (Å²) in [5.41, 5.74) is 0. The molecular formula is C27H37N3O6S2. The lowest BCUT2D eigenvalue weighted by Crippen LogP contribution is -2.43. The van der Waals surface area contributed by atoms with Crippen molar-refractivity contribution in [2.45, 2.75) is 69.9 Å². The van der Waals surface area contributed by atoms with Gasteiger partial charge >= 0.3 is 5.97 Å². The van der Waals surface area contributed by atoms with E-state index in [1.807, 2.05) is 31.4 Å². The van der Waals surface area contributed by atoms with Gasteiger partial charge in [0.05, 0.1) is 19.6 Å². The van der Waals surface area contributed by atoms with Gasteiger partial charge in [0.2, 0.25) is 5.91 Å². The van der Waals surface area contributed by atoms with Crippen LogP contribution in [-0.2, 0) is 35.6 Å². The van der Waals surface area contributed by atoms with E-state index >= 15 is 0 Å². The Morgan fingerprint density at radius 3 is 2.71 bits per heavy atom. The fourth-order valence-electron chi connectivity index (χ4n) is 4.47. The normalized spacial score (nSPS) is 17.7. The van der Waals surface area contributed by atoms with Crippen LogP contribution in [0.3, 0.4) is 0 Å². The van der Waals surface area contributed by atoms with Crippen molar-refractivity contribution in [2.75, 3.05) is 19.7 Å². The monoisotopic (exact) mass is 563 g/mol. The molecule has 0 radical (unpaired) electrons. The molecule has 0 bridgehead atoms. The lowest BCUT2D eigenvalue weighted by atomic mass is 9.93. The van der Waals surface area contributed by atoms with Crippen molar-refractivity contribution in [3.05, 3.63) is 46.8 Å². The van der Waals surface area contributed by atoms with Gasteiger partial charge in [0, 0.05) is 23.5 Å². The van der Waals surface area contributed by atoms with Gasteiger partial charge in [-0.05, 0) is 68.0 Å². The van der Waals surface area contributed by atoms with E-state index in [4.69, 9.17) is 4.74 Å². The van der Waals surface area contributed by atoms with E-state index in [1.54, 1.807) is 12.1 Å². The maximum Gasteiger partial charge on any atom is 0.328 e. The number of amides is 1. The third-order valence-corrected chi connectivity index (χ3v) is 9.06. The fourth-order valence-corrected chi connectivity index (χ4v) is 6.55. The molecule has 2 aromatic rings. The lowest BCUT2D eigenvalue weighted by molar-refractivity contribution is -0.148. The van der Waals surface area contributed by atoms with Crippen LogP contribution < -0.4 is 5.32 Å². The van der Waals surface area contributed by atoms with Gasteiger partial charge < -0.3 is 10.1 Å². The van der Waals surface area contributed by atoms with E-state index in [0.717, 1.165) is 4.88 Å². The standard InChI is InChI=1S/C27H37N3O6S2/c1-20(2)17-23(29-25(32)18-22-11-8-16-37-22)27(33)36-15-6-4-9-21-10-7-14-30(19-24(21)31)38(34,35)26-12-3-5-13-28-26/h3,5,8,11-13,16,20-21,23H,4,6-7,9-10,14-15,17-19H2,1-2H3,(H,29,32)/t21?,23-/m0/s1. The first-order valence-corrected chi connectivity index (χ1v) is 15.4. The molecule has 0 saturated carbocycles. The maximum atomic E-state index is 12.9. The summed E-state index contributed by atoms with van der Waals surface area (Å²) in [7, 11) is -3.81. The minimum absolute atomic E-state index is 0.0495. The van der Waals surface area contributed by atoms with Crippen molar-refractivity contribution >= 4 is 39.0 Å². The number of ketones is 1. The molecule has 1 saturated heterocycles. The highest BCUT2D eigenvalue weighted by Gasteiger charge is 2.32. The number of rotatable bonds is 13. The van der Waals surface area contributed by atoms with Gasteiger partial charge in [-0.1, -0.05) is 26.0 Å². The van der Waals surface area contributed by atoms with Crippen LogP contribution in [0.15, 0.2) is 46.9 Å². The molecule has 1 fully saturated rings. The SMILES string of the molecule is CC(C)C[C@H](NC(=O)Cc1cccs1)C(=O)OCCCCC1CCCN(S(=O)(=O)c2ccccn2)CC1=O. The molecule has 1 unspecified atom stereocenters. The number of nitrogens with zero attached hydrogens (tertiary/aromatic N) is 2. The number of aromatic nitrogens is 1. The first kappa shape index (κ1) is 29.9. The molecule has 208 valence electrons. The average Bonchev–Trinajstić information content (AvgIpc) is 3.31. The molecular weight excluding hydrogens is 526 g/mol. The topological polar surface area (TPSA) is 123 Å². The van der Waals surface area contributed by atoms with Crippen molar-refractivity contribution in [2.24, 2.45) is 11.8 Å². The molecule has 0 spiro atoms. The maximum absolute atomic E-state index is 12.9. The van der Waals surface area contributed by atoms with Crippen molar-refractivity contribution in [3.8, 4) is 0 Å². The van der Waals surface area contributed by atoms with E-state index in [-0.39, 0.29) is 54.7 Å². The molecule has 1 aliphatic heterocycles. The number of ether oxygens (including phenoxy) is 1. The Morgan fingerprint density at radius 2 is 2.03 bits per heavy atom. The fraction of sp³-hybridized carbons (Fsp3) is 0.556. The summed E-state index contributed by atoms with van der Waals surface area (Å²) in [6.45, 7) is 4.31. The number of thiophene rings is 1. The Hall–Kier alpha value is -2.63. The van der Waals surface area contributed by atoms with Crippen LogP contribution in [0.25, 0.3) is 0 Å². The van der Waals surface area contributed by atoms with E-state index in [9.17, 15) is 22.8 Å². The Bertz CT molecular complexity index is 1150. The predicted octanol–water partition coefficient (Wildman–Crippen LogP) is 3.60. The number of carbonyl (C=O) groups excluding carboxylic acids is 3. The molecule has 9 nitrogen and oxygen atoms in total. The zero-order chi connectivity index (χ0) is 27.5. The number of nitrogens with one attached hydrogen (secondary N) is 1. The zero-order valence-electron chi connectivity index (χ0n) is 22.0. The molecule has 2 atom stereocenters. The summed E-state index contributed by atoms with van der Waals surface area (Å²) >= 11 is 1.50. The molecule has 3 rings (SSSR count). The first-order chi connectivity index (χ1) is 18.2. The average molecular weight is 564 g/mol. The lowest BCUT2D eigenvalue weighted by Gasteiger charge is -2.20. The van der Waals surface area contributed by atoms with Gasteiger partial charge in [-0.3, -0.25) is 9.59 Å². The number of unbranched alkanes of at least 4 members (excludes halogenated alkanes) is 1. The Morgan fingerprint density at radius 1 is 1.21 bits per heavy atom. The van der Waals surface area contributed by atoms with E-state index in [2.05, 4.69) is 10.3 Å². The smallest absolute Gasteiger partial charge is 0.328 e. The Kier molecular flexibility index (Phi) is 11.4. The minimum Gasteiger partial charge on any atom is -0.464 e. The molecule has 0 aliphatic carbocycles. The Balaban J connectivity index is 1.42. The molecule has 38 heavy (non-hydrogen) atoms. The molecule has 0 aromatic carbocycles. The number of Topliss-reactive ketones (excluding diaryl/α,β-unsaturated/α-hetero) is 1. The van der Waals surface area contributed by atoms with E-state index in [0.29, 0.717) is 38.5 Å². The number of sulfonamides is 1. The quantitative estimate of drug-likeness (QED) is 0.292. The van der Waals surface area contributed by atoms with Gasteiger partial charge in [0.25, 0.3) is 10.0 Å². The second-order valence-corrected chi connectivity index (χ2v) is 12.9. The molecule has 1 N–H and O–H groups in total. The van der Waals surface area contributed by atoms with Gasteiger partial charge in [-0.2, -0.15) is 4.31 Å². The number of hydrogen-bond acceptors (Lipinski definition) is 8. The zero-order valence-corrected chi connectivity index (χ0v) is 23.6. The van der Waals surface area contributed by atoms with Gasteiger partial charge in [-0.15, -0.1) is 11.3 Å². The number of esters is 1. The predicted molar refractivity (Wildman–Crippen MR) is 145 cm³/mol. The number of carbonyl (C=O) groups is 3. The minimum atomic E-state index is -3.81. The van der Waals surface area contributed by atoms with Crippen molar-refractivity contribution in [3.63, 3.8) is 0 Å². The van der Waals surface area contributed by atoms with Crippen LogP contribution in [0, 0.1) is 11.8 Å². The molecule has 2 aromatic heterocycles. The van der Waals surface area contributed by atoms with E-state index in [1.165, 1.54) is 27.9 Å². The van der Waals surface area contributed by atoms with Crippen LogP contribution in [0.2, 0.25) is 0 Å². The van der Waals surface area contributed by atoms with Crippen molar-refractivity contribution in [1.29, 1.82) is 0 Å². The van der Waals surface area contributed by atoms with Gasteiger partial charge in [-0.25, -0.2) is 18.2 Å². The number of hydrogen-bond donors (Lipinski definition) is 1. The van der Waals surface area contributed by atoms with Crippen LogP contribution in [0.5, 0.6) is 0 Å². The number of pyridine rings is 1. The van der Waals surface area contributed by atoms with Gasteiger partial charge in [0.15, 0.2) is 10.8 Å².